The van der Waals surface area contributed by atoms with E-state index < -0.39 is 17.8 Å². The fraction of sp³-hybridized carbons (Fsp3) is 0.467. The Labute approximate surface area is 112 Å². The van der Waals surface area contributed by atoms with Crippen LogP contribution in [-0.4, -0.2) is 24.0 Å². The summed E-state index contributed by atoms with van der Waals surface area (Å²) >= 11 is 0. The van der Waals surface area contributed by atoms with Crippen LogP contribution in [0.3, 0.4) is 0 Å². The second-order valence-corrected chi connectivity index (χ2v) is 4.90. The highest BCUT2D eigenvalue weighted by Gasteiger charge is 2.36. The number of carboxylic acid groups (broad SMARTS) is 1. The van der Waals surface area contributed by atoms with Gasteiger partial charge in [0.2, 0.25) is 0 Å². The number of hydrogen-bond acceptors (Lipinski definition) is 3. The highest BCUT2D eigenvalue weighted by Crippen LogP contribution is 2.34. The molecule has 0 radical (unpaired) electrons. The van der Waals surface area contributed by atoms with Gasteiger partial charge in [0.1, 0.15) is 5.75 Å². The van der Waals surface area contributed by atoms with Crippen LogP contribution in [0.25, 0.3) is 0 Å². The zero-order chi connectivity index (χ0) is 13.8. The fourth-order valence-electron chi connectivity index (χ4n) is 2.79. The van der Waals surface area contributed by atoms with Gasteiger partial charge in [-0.15, -0.1) is 0 Å². The van der Waals surface area contributed by atoms with Gasteiger partial charge in [-0.2, -0.15) is 0 Å². The average Bonchev–Trinajstić information content (AvgIpc) is 2.46. The normalized spacial score (nSPS) is 22.8. The molecule has 2 unspecified atom stereocenters. The molecule has 1 aromatic rings. The van der Waals surface area contributed by atoms with Crippen molar-refractivity contribution < 1.29 is 19.4 Å². The number of Topliss-reactive ketones (excluding diaryl/α,β-unsaturated/α-hetero) is 1. The Balaban J connectivity index is 2.29. The maximum Gasteiger partial charge on any atom is 0.307 e. The lowest BCUT2D eigenvalue weighted by Crippen LogP contribution is -2.32. The standard InChI is InChI=1S/C15H18O4/c1-19-13-9-5-4-8-12(13)14(16)10-6-2-3-7-11(10)15(17)18/h4-5,8-11H,2-3,6-7H2,1H3,(H,17,18). The first-order valence-corrected chi connectivity index (χ1v) is 6.55. The monoisotopic (exact) mass is 262 g/mol. The van der Waals surface area contributed by atoms with Crippen LogP contribution < -0.4 is 4.74 Å². The number of ether oxygens (including phenoxy) is 1. The van der Waals surface area contributed by atoms with Crippen LogP contribution >= 0.6 is 0 Å². The number of hydrogen-bond donors (Lipinski definition) is 1. The van der Waals surface area contributed by atoms with Gasteiger partial charge in [0.25, 0.3) is 0 Å². The van der Waals surface area contributed by atoms with E-state index in [-0.39, 0.29) is 5.78 Å². The van der Waals surface area contributed by atoms with Gasteiger partial charge in [0.15, 0.2) is 5.78 Å². The minimum absolute atomic E-state index is 0.107. The molecular formula is C15H18O4. The van der Waals surface area contributed by atoms with Crippen molar-refractivity contribution in [2.45, 2.75) is 25.7 Å². The molecule has 19 heavy (non-hydrogen) atoms. The summed E-state index contributed by atoms with van der Waals surface area (Å²) < 4.78 is 5.18. The molecule has 2 atom stereocenters. The van der Waals surface area contributed by atoms with Crippen LogP contribution in [0.15, 0.2) is 24.3 Å². The molecule has 0 bridgehead atoms. The molecule has 0 heterocycles. The topological polar surface area (TPSA) is 63.6 Å². The number of ketones is 1. The van der Waals surface area contributed by atoms with Gasteiger partial charge in [-0.1, -0.05) is 25.0 Å². The van der Waals surface area contributed by atoms with Crippen LogP contribution in [0, 0.1) is 11.8 Å². The lowest BCUT2D eigenvalue weighted by molar-refractivity contribution is -0.144. The average molecular weight is 262 g/mol. The number of rotatable bonds is 4. The van der Waals surface area contributed by atoms with E-state index in [0.29, 0.717) is 24.2 Å². The van der Waals surface area contributed by atoms with Crippen LogP contribution in [0.2, 0.25) is 0 Å². The number of carbonyl (C=O) groups is 2. The van der Waals surface area contributed by atoms with Gasteiger partial charge in [0.05, 0.1) is 18.6 Å². The maximum absolute atomic E-state index is 12.6. The van der Waals surface area contributed by atoms with E-state index in [0.717, 1.165) is 12.8 Å². The highest BCUT2D eigenvalue weighted by atomic mass is 16.5. The second-order valence-electron chi connectivity index (χ2n) is 4.90. The van der Waals surface area contributed by atoms with Crippen molar-refractivity contribution in [3.05, 3.63) is 29.8 Å². The molecule has 2 rings (SSSR count). The Hall–Kier alpha value is -1.84. The maximum atomic E-state index is 12.6. The summed E-state index contributed by atoms with van der Waals surface area (Å²) in [6.45, 7) is 0. The molecule has 0 aromatic heterocycles. The molecule has 0 saturated heterocycles. The van der Waals surface area contributed by atoms with Crippen molar-refractivity contribution in [1.82, 2.24) is 0 Å². The fourth-order valence-corrected chi connectivity index (χ4v) is 2.79. The quantitative estimate of drug-likeness (QED) is 0.847. The zero-order valence-electron chi connectivity index (χ0n) is 11.0. The third kappa shape index (κ3) is 2.78. The summed E-state index contributed by atoms with van der Waals surface area (Å²) in [4.78, 5) is 23.8. The van der Waals surface area contributed by atoms with E-state index in [1.54, 1.807) is 24.3 Å². The van der Waals surface area contributed by atoms with Gasteiger partial charge < -0.3 is 9.84 Å². The number of carboxylic acids is 1. The van der Waals surface area contributed by atoms with Gasteiger partial charge in [-0.05, 0) is 25.0 Å². The summed E-state index contributed by atoms with van der Waals surface area (Å²) in [6.07, 6.45) is 3.02. The lowest BCUT2D eigenvalue weighted by atomic mass is 9.75. The second kappa shape index (κ2) is 5.87. The predicted octanol–water partition coefficient (Wildman–Crippen LogP) is 2.77. The molecule has 1 aliphatic rings. The zero-order valence-corrected chi connectivity index (χ0v) is 11.0. The summed E-state index contributed by atoms with van der Waals surface area (Å²) in [5.74, 6) is -1.45. The number of para-hydroxylation sites is 1. The molecule has 1 saturated carbocycles. The van der Waals surface area contributed by atoms with Crippen molar-refractivity contribution in [2.75, 3.05) is 7.11 Å². The molecule has 0 aliphatic heterocycles. The van der Waals surface area contributed by atoms with Gasteiger partial charge in [0, 0.05) is 5.92 Å². The van der Waals surface area contributed by atoms with E-state index in [9.17, 15) is 14.7 Å². The van der Waals surface area contributed by atoms with Crippen LogP contribution in [0.4, 0.5) is 0 Å². The van der Waals surface area contributed by atoms with Crippen molar-refractivity contribution >= 4 is 11.8 Å². The van der Waals surface area contributed by atoms with E-state index in [2.05, 4.69) is 0 Å². The first-order valence-electron chi connectivity index (χ1n) is 6.55. The number of carbonyl (C=O) groups excluding carboxylic acids is 1. The Kier molecular flexibility index (Phi) is 4.20. The minimum atomic E-state index is -0.868. The molecule has 4 heteroatoms. The van der Waals surface area contributed by atoms with Crippen molar-refractivity contribution in [1.29, 1.82) is 0 Å². The molecule has 1 N–H and O–H groups in total. The van der Waals surface area contributed by atoms with Crippen molar-refractivity contribution in [3.63, 3.8) is 0 Å². The lowest BCUT2D eigenvalue weighted by Gasteiger charge is -2.27. The third-order valence-corrected chi connectivity index (χ3v) is 3.79. The van der Waals surface area contributed by atoms with Crippen molar-refractivity contribution in [3.8, 4) is 5.75 Å². The first-order chi connectivity index (χ1) is 9.15. The summed E-state index contributed by atoms with van der Waals surface area (Å²) in [5, 5.41) is 9.25. The Bertz CT molecular complexity index is 481. The predicted molar refractivity (Wildman–Crippen MR) is 70.4 cm³/mol. The van der Waals surface area contributed by atoms with E-state index >= 15 is 0 Å². The third-order valence-electron chi connectivity index (χ3n) is 3.79. The van der Waals surface area contributed by atoms with Crippen LogP contribution in [-0.2, 0) is 4.79 Å². The molecule has 0 amide bonds. The number of aliphatic carboxylic acids is 1. The smallest absolute Gasteiger partial charge is 0.307 e. The largest absolute Gasteiger partial charge is 0.496 e. The van der Waals surface area contributed by atoms with Crippen molar-refractivity contribution in [2.24, 2.45) is 11.8 Å². The van der Waals surface area contributed by atoms with Gasteiger partial charge >= 0.3 is 5.97 Å². The Morgan fingerprint density at radius 2 is 1.79 bits per heavy atom. The highest BCUT2D eigenvalue weighted by molar-refractivity contribution is 6.02. The molecule has 102 valence electrons. The summed E-state index contributed by atoms with van der Waals surface area (Å²) in [5.41, 5.74) is 0.489. The summed E-state index contributed by atoms with van der Waals surface area (Å²) in [7, 11) is 1.52. The SMILES string of the molecule is COc1ccccc1C(=O)C1CCCCC1C(=O)O. The molecule has 0 spiro atoms. The van der Waals surface area contributed by atoms with E-state index in [4.69, 9.17) is 4.74 Å². The van der Waals surface area contributed by atoms with E-state index in [1.807, 2.05) is 0 Å². The molecule has 4 nitrogen and oxygen atoms in total. The number of methoxy groups -OCH3 is 1. The van der Waals surface area contributed by atoms with Gasteiger partial charge in [-0.3, -0.25) is 9.59 Å². The first kappa shape index (κ1) is 13.6. The molecule has 1 aromatic carbocycles. The molecule has 1 fully saturated rings. The van der Waals surface area contributed by atoms with Crippen LogP contribution in [0.1, 0.15) is 36.0 Å². The molecule has 1 aliphatic carbocycles. The van der Waals surface area contributed by atoms with Crippen LogP contribution in [0.5, 0.6) is 5.75 Å². The van der Waals surface area contributed by atoms with Gasteiger partial charge in [-0.25, -0.2) is 0 Å². The Morgan fingerprint density at radius 1 is 1.16 bits per heavy atom. The molecular weight excluding hydrogens is 244 g/mol. The minimum Gasteiger partial charge on any atom is -0.496 e. The Morgan fingerprint density at radius 3 is 2.42 bits per heavy atom. The summed E-state index contributed by atoms with van der Waals surface area (Å²) in [6, 6.07) is 7.00. The number of benzene rings is 1. The van der Waals surface area contributed by atoms with E-state index in [1.165, 1.54) is 7.11 Å².